The van der Waals surface area contributed by atoms with E-state index in [1.807, 2.05) is 0 Å². The average molecular weight is 346 g/mol. The van der Waals surface area contributed by atoms with E-state index in [4.69, 9.17) is 15.2 Å². The fraction of sp³-hybridized carbons (Fsp3) is 0.286. The molecule has 1 aromatic heterocycles. The van der Waals surface area contributed by atoms with Gasteiger partial charge in [-0.2, -0.15) is 13.2 Å². The van der Waals surface area contributed by atoms with E-state index < -0.39 is 23.4 Å². The molecule has 1 heterocycles. The van der Waals surface area contributed by atoms with Crippen LogP contribution in [0, 0.1) is 6.92 Å². The zero-order valence-electron chi connectivity index (χ0n) is 12.2. The van der Waals surface area contributed by atoms with E-state index in [-0.39, 0.29) is 23.1 Å². The van der Waals surface area contributed by atoms with Gasteiger partial charge in [0.15, 0.2) is 4.88 Å². The van der Waals surface area contributed by atoms with E-state index in [0.717, 1.165) is 23.5 Å². The highest BCUT2D eigenvalue weighted by Crippen LogP contribution is 2.37. The molecule has 1 aromatic carbocycles. The number of nitrogens with zero attached hydrogens (tertiary/aromatic N) is 1. The number of ether oxygens (including phenoxy) is 2. The fourth-order valence-corrected chi connectivity index (χ4v) is 2.50. The number of benzene rings is 1. The number of carbonyl (C=O) groups is 1. The molecule has 0 aliphatic heterocycles. The predicted molar refractivity (Wildman–Crippen MR) is 78.7 cm³/mol. The number of aromatic nitrogens is 1. The molecule has 2 rings (SSSR count). The number of hydrogen-bond acceptors (Lipinski definition) is 6. The van der Waals surface area contributed by atoms with Crippen LogP contribution in [0.15, 0.2) is 18.2 Å². The van der Waals surface area contributed by atoms with Crippen LogP contribution >= 0.6 is 11.3 Å². The molecular formula is C14H13F3N2O3S. The van der Waals surface area contributed by atoms with Gasteiger partial charge in [-0.15, -0.1) is 11.3 Å². The molecule has 0 amide bonds. The minimum absolute atomic E-state index is 0.0923. The second-order valence-electron chi connectivity index (χ2n) is 4.44. The summed E-state index contributed by atoms with van der Waals surface area (Å²) in [6.45, 7) is 3.45. The van der Waals surface area contributed by atoms with Crippen LogP contribution in [0.3, 0.4) is 0 Å². The van der Waals surface area contributed by atoms with Crippen molar-refractivity contribution in [3.05, 3.63) is 33.6 Å². The highest BCUT2D eigenvalue weighted by molar-refractivity contribution is 7.13. The summed E-state index contributed by atoms with van der Waals surface area (Å²) in [6.07, 6.45) is -4.61. The first-order valence-electron chi connectivity index (χ1n) is 6.51. The van der Waals surface area contributed by atoms with Crippen molar-refractivity contribution in [2.45, 2.75) is 20.0 Å². The number of carbonyl (C=O) groups excluding carboxylic acids is 1. The van der Waals surface area contributed by atoms with Crippen molar-refractivity contribution in [3.63, 3.8) is 0 Å². The van der Waals surface area contributed by atoms with Crippen molar-refractivity contribution in [3.8, 4) is 11.6 Å². The molecule has 23 heavy (non-hydrogen) atoms. The van der Waals surface area contributed by atoms with Crippen molar-refractivity contribution in [1.29, 1.82) is 0 Å². The highest BCUT2D eigenvalue weighted by atomic mass is 32.1. The van der Waals surface area contributed by atoms with Crippen LogP contribution < -0.4 is 10.5 Å². The van der Waals surface area contributed by atoms with Crippen LogP contribution in [0.25, 0.3) is 0 Å². The predicted octanol–water partition coefficient (Wildman–Crippen LogP) is 4.02. The van der Waals surface area contributed by atoms with E-state index >= 15 is 0 Å². The van der Waals surface area contributed by atoms with Gasteiger partial charge in [0.25, 0.3) is 0 Å². The molecule has 2 aromatic rings. The maximum Gasteiger partial charge on any atom is 0.418 e. The summed E-state index contributed by atoms with van der Waals surface area (Å²) >= 11 is 1.04. The Hall–Kier alpha value is -2.29. The Balaban J connectivity index is 2.35. The molecule has 9 heteroatoms. The van der Waals surface area contributed by atoms with E-state index in [1.165, 1.54) is 6.07 Å². The van der Waals surface area contributed by atoms with E-state index in [9.17, 15) is 18.0 Å². The molecular weight excluding hydrogens is 333 g/mol. The summed E-state index contributed by atoms with van der Waals surface area (Å²) in [5, 5.41) is 0.523. The van der Waals surface area contributed by atoms with E-state index in [0.29, 0.717) is 5.01 Å². The van der Waals surface area contributed by atoms with E-state index in [2.05, 4.69) is 4.98 Å². The van der Waals surface area contributed by atoms with Gasteiger partial charge < -0.3 is 15.2 Å². The monoisotopic (exact) mass is 346 g/mol. The van der Waals surface area contributed by atoms with Crippen molar-refractivity contribution in [1.82, 2.24) is 4.98 Å². The maximum atomic E-state index is 12.9. The number of nitrogen functional groups attached to an aromatic ring is 1. The number of alkyl halides is 3. The lowest BCUT2D eigenvalue weighted by Crippen LogP contribution is -2.09. The third kappa shape index (κ3) is 3.92. The lowest BCUT2D eigenvalue weighted by Gasteiger charge is -2.12. The number of thiazole rings is 1. The summed E-state index contributed by atoms with van der Waals surface area (Å²) in [5.41, 5.74) is 3.90. The van der Waals surface area contributed by atoms with Gasteiger partial charge >= 0.3 is 12.1 Å². The number of nitrogens with two attached hydrogens (primary N) is 1. The summed E-state index contributed by atoms with van der Waals surface area (Å²) < 4.78 is 48.8. The zero-order chi connectivity index (χ0) is 17.2. The lowest BCUT2D eigenvalue weighted by atomic mass is 10.1. The first-order valence-corrected chi connectivity index (χ1v) is 7.33. The summed E-state index contributed by atoms with van der Waals surface area (Å²) in [7, 11) is 0. The summed E-state index contributed by atoms with van der Waals surface area (Å²) in [6, 6.07) is 3.12. The molecule has 0 unspecified atom stereocenters. The molecule has 2 N–H and O–H groups in total. The van der Waals surface area contributed by atoms with Crippen LogP contribution in [0.2, 0.25) is 0 Å². The molecule has 0 spiro atoms. The van der Waals surface area contributed by atoms with Crippen LogP contribution in [0.4, 0.5) is 18.9 Å². The maximum absolute atomic E-state index is 12.9. The second-order valence-corrected chi connectivity index (χ2v) is 5.64. The van der Waals surface area contributed by atoms with Crippen molar-refractivity contribution >= 4 is 23.0 Å². The standard InChI is InChI=1S/C14H13F3N2O3S/c1-3-21-13(20)11-12(19-7(2)23-11)22-8-4-5-10(18)9(6-8)14(15,16)17/h4-6H,3,18H2,1-2H3. The molecule has 124 valence electrons. The molecule has 0 saturated carbocycles. The van der Waals surface area contributed by atoms with Crippen LogP contribution in [0.5, 0.6) is 11.6 Å². The zero-order valence-corrected chi connectivity index (χ0v) is 13.0. The molecule has 0 aliphatic carbocycles. The Bertz CT molecular complexity index is 729. The van der Waals surface area contributed by atoms with Gasteiger partial charge in [0.05, 0.1) is 17.2 Å². The smallest absolute Gasteiger partial charge is 0.418 e. The van der Waals surface area contributed by atoms with Crippen molar-refractivity contribution < 1.29 is 27.4 Å². The average Bonchev–Trinajstić information content (AvgIpc) is 2.81. The third-order valence-corrected chi connectivity index (χ3v) is 3.64. The Morgan fingerprint density at radius 3 is 2.70 bits per heavy atom. The second kappa shape index (κ2) is 6.45. The molecule has 5 nitrogen and oxygen atoms in total. The SMILES string of the molecule is CCOC(=O)c1sc(C)nc1Oc1ccc(N)c(C(F)(F)F)c1. The Morgan fingerprint density at radius 2 is 2.09 bits per heavy atom. The molecule has 0 bridgehead atoms. The Kier molecular flexibility index (Phi) is 4.79. The summed E-state index contributed by atoms with van der Waals surface area (Å²) in [5.74, 6) is -0.856. The summed E-state index contributed by atoms with van der Waals surface area (Å²) in [4.78, 5) is 15.9. The number of aryl methyl sites for hydroxylation is 1. The van der Waals surface area contributed by atoms with Gasteiger partial charge in [-0.3, -0.25) is 0 Å². The van der Waals surface area contributed by atoms with E-state index in [1.54, 1.807) is 13.8 Å². The van der Waals surface area contributed by atoms with Crippen LogP contribution in [-0.4, -0.2) is 17.6 Å². The number of rotatable bonds is 4. The lowest BCUT2D eigenvalue weighted by molar-refractivity contribution is -0.137. The number of esters is 1. The number of hydrogen-bond donors (Lipinski definition) is 1. The van der Waals surface area contributed by atoms with Crippen molar-refractivity contribution in [2.24, 2.45) is 0 Å². The quantitative estimate of drug-likeness (QED) is 0.668. The van der Waals surface area contributed by atoms with Crippen molar-refractivity contribution in [2.75, 3.05) is 12.3 Å². The fourth-order valence-electron chi connectivity index (χ4n) is 1.76. The minimum Gasteiger partial charge on any atom is -0.462 e. The number of halogens is 3. The first kappa shape index (κ1) is 17.1. The molecule has 0 fully saturated rings. The van der Waals surface area contributed by atoms with Gasteiger partial charge in [0.1, 0.15) is 5.75 Å². The highest BCUT2D eigenvalue weighted by Gasteiger charge is 2.33. The van der Waals surface area contributed by atoms with Crippen LogP contribution in [0.1, 0.15) is 27.2 Å². The van der Waals surface area contributed by atoms with Gasteiger partial charge in [0, 0.05) is 5.69 Å². The largest absolute Gasteiger partial charge is 0.462 e. The number of anilines is 1. The van der Waals surface area contributed by atoms with Gasteiger partial charge in [-0.05, 0) is 32.0 Å². The molecule has 0 aliphatic rings. The molecule has 0 saturated heterocycles. The topological polar surface area (TPSA) is 74.4 Å². The molecule has 0 atom stereocenters. The van der Waals surface area contributed by atoms with Gasteiger partial charge in [-0.25, -0.2) is 9.78 Å². The van der Waals surface area contributed by atoms with Gasteiger partial charge in [-0.1, -0.05) is 0 Å². The van der Waals surface area contributed by atoms with Crippen LogP contribution in [-0.2, 0) is 10.9 Å². The normalized spacial score (nSPS) is 11.3. The molecule has 0 radical (unpaired) electrons. The third-order valence-electron chi connectivity index (χ3n) is 2.71. The Labute approximate surface area is 133 Å². The van der Waals surface area contributed by atoms with Gasteiger partial charge in [0.2, 0.25) is 5.88 Å². The minimum atomic E-state index is -4.61. The Morgan fingerprint density at radius 1 is 1.39 bits per heavy atom. The first-order chi connectivity index (χ1) is 10.7.